The molecule has 0 amide bonds. The minimum atomic E-state index is 0.390. The van der Waals surface area contributed by atoms with Gasteiger partial charge >= 0.3 is 0 Å². The Balaban J connectivity index is 1.61. The topological polar surface area (TPSA) is 24.5 Å². The molecule has 1 saturated carbocycles. The summed E-state index contributed by atoms with van der Waals surface area (Å²) < 4.78 is 6.28. The average Bonchev–Trinajstić information content (AvgIpc) is 2.99. The highest BCUT2D eigenvalue weighted by atomic mass is 32.2. The van der Waals surface area contributed by atoms with Crippen LogP contribution in [0.1, 0.15) is 12.8 Å². The van der Waals surface area contributed by atoms with E-state index in [9.17, 15) is 0 Å². The van der Waals surface area contributed by atoms with Crippen LogP contribution in [-0.4, -0.2) is 61.8 Å². The molecule has 2 fully saturated rings. The highest BCUT2D eigenvalue weighted by Crippen LogP contribution is 2.46. The minimum Gasteiger partial charge on any atom is -0.374 e. The molecule has 2 rings (SSSR count). The summed E-state index contributed by atoms with van der Waals surface area (Å²) in [5, 5.41) is 3.56. The number of ether oxygens (including phenoxy) is 1. The highest BCUT2D eigenvalue weighted by molar-refractivity contribution is 8.00. The van der Waals surface area contributed by atoms with Crippen LogP contribution >= 0.6 is 11.8 Å². The van der Waals surface area contributed by atoms with Gasteiger partial charge in [-0.1, -0.05) is 0 Å². The Hall–Kier alpha value is 0.230. The Morgan fingerprint density at radius 2 is 2.33 bits per heavy atom. The molecule has 0 aromatic heterocycles. The second kappa shape index (κ2) is 5.04. The molecule has 88 valence electrons. The lowest BCUT2D eigenvalue weighted by molar-refractivity contribution is -0.0180. The van der Waals surface area contributed by atoms with Gasteiger partial charge in [-0.15, -0.1) is 0 Å². The third kappa shape index (κ3) is 3.34. The summed E-state index contributed by atoms with van der Waals surface area (Å²) in [6.45, 7) is 5.19. The van der Waals surface area contributed by atoms with Crippen LogP contribution in [-0.2, 0) is 4.74 Å². The number of morpholine rings is 1. The summed E-state index contributed by atoms with van der Waals surface area (Å²) in [4.78, 5) is 2.34. The van der Waals surface area contributed by atoms with Crippen LogP contribution in [0.5, 0.6) is 0 Å². The lowest BCUT2D eigenvalue weighted by Crippen LogP contribution is -2.45. The van der Waals surface area contributed by atoms with Crippen LogP contribution in [0, 0.1) is 0 Å². The quantitative estimate of drug-likeness (QED) is 0.755. The average molecular weight is 230 g/mol. The molecular formula is C11H22N2OS. The second-order valence-corrected chi connectivity index (χ2v) is 6.05. The molecule has 15 heavy (non-hydrogen) atoms. The monoisotopic (exact) mass is 230 g/mol. The molecule has 2 aliphatic rings. The van der Waals surface area contributed by atoms with Gasteiger partial charge in [-0.25, -0.2) is 0 Å². The Morgan fingerprint density at radius 1 is 1.53 bits per heavy atom. The fourth-order valence-electron chi connectivity index (χ4n) is 2.04. The van der Waals surface area contributed by atoms with Crippen molar-refractivity contribution in [2.75, 3.05) is 46.1 Å². The van der Waals surface area contributed by atoms with Crippen LogP contribution in [0.2, 0.25) is 0 Å². The van der Waals surface area contributed by atoms with Crippen molar-refractivity contribution in [1.82, 2.24) is 10.2 Å². The number of thioether (sulfide) groups is 1. The number of likely N-dealkylation sites (N-methyl/N-ethyl adjacent to an activating group) is 1. The van der Waals surface area contributed by atoms with Crippen molar-refractivity contribution in [3.63, 3.8) is 0 Å². The van der Waals surface area contributed by atoms with E-state index in [0.29, 0.717) is 10.9 Å². The molecule has 1 saturated heterocycles. The molecule has 3 nitrogen and oxygen atoms in total. The van der Waals surface area contributed by atoms with Gasteiger partial charge in [0.05, 0.1) is 12.7 Å². The standard InChI is InChI=1S/C11H22N2OS/c1-13-5-6-14-10(8-13)7-12-9-11(15-2)3-4-11/h10,12H,3-9H2,1-2H3. The highest BCUT2D eigenvalue weighted by Gasteiger charge is 2.41. The lowest BCUT2D eigenvalue weighted by Gasteiger charge is -2.30. The number of nitrogens with zero attached hydrogens (tertiary/aromatic N) is 1. The van der Waals surface area contributed by atoms with Crippen molar-refractivity contribution in [3.05, 3.63) is 0 Å². The molecule has 0 spiro atoms. The first kappa shape index (κ1) is 11.7. The summed E-state index contributed by atoms with van der Waals surface area (Å²) in [5.74, 6) is 0. The van der Waals surface area contributed by atoms with Gasteiger partial charge in [-0.3, -0.25) is 0 Å². The smallest absolute Gasteiger partial charge is 0.0826 e. The maximum atomic E-state index is 5.71. The summed E-state index contributed by atoms with van der Waals surface area (Å²) >= 11 is 2.01. The van der Waals surface area contributed by atoms with Gasteiger partial charge in [0.1, 0.15) is 0 Å². The zero-order chi connectivity index (χ0) is 10.7. The predicted molar refractivity (Wildman–Crippen MR) is 65.6 cm³/mol. The SMILES string of the molecule is CSC1(CNCC2CN(C)CCO2)CC1. The third-order valence-corrected chi connectivity index (χ3v) is 4.82. The molecule has 1 N–H and O–H groups in total. The minimum absolute atomic E-state index is 0.390. The van der Waals surface area contributed by atoms with Crippen LogP contribution < -0.4 is 5.32 Å². The number of hydrogen-bond donors (Lipinski definition) is 1. The van der Waals surface area contributed by atoms with E-state index in [1.807, 2.05) is 11.8 Å². The fourth-order valence-corrected chi connectivity index (χ4v) is 2.80. The zero-order valence-electron chi connectivity index (χ0n) is 9.79. The van der Waals surface area contributed by atoms with E-state index in [2.05, 4.69) is 23.5 Å². The summed E-state index contributed by atoms with van der Waals surface area (Å²) in [6.07, 6.45) is 5.38. The molecule has 1 heterocycles. The van der Waals surface area contributed by atoms with E-state index in [1.54, 1.807) is 0 Å². The van der Waals surface area contributed by atoms with Crippen LogP contribution in [0.25, 0.3) is 0 Å². The summed E-state index contributed by atoms with van der Waals surface area (Å²) in [7, 11) is 2.17. The first-order valence-electron chi connectivity index (χ1n) is 5.80. The van der Waals surface area contributed by atoms with E-state index in [-0.39, 0.29) is 0 Å². The summed E-state index contributed by atoms with van der Waals surface area (Å²) in [5.41, 5.74) is 0. The van der Waals surface area contributed by atoms with Crippen molar-refractivity contribution >= 4 is 11.8 Å². The van der Waals surface area contributed by atoms with Crippen LogP contribution in [0.4, 0.5) is 0 Å². The molecule has 0 bridgehead atoms. The first-order valence-corrected chi connectivity index (χ1v) is 7.03. The van der Waals surface area contributed by atoms with E-state index in [1.165, 1.54) is 12.8 Å². The van der Waals surface area contributed by atoms with E-state index < -0.39 is 0 Å². The van der Waals surface area contributed by atoms with Crippen molar-refractivity contribution in [3.8, 4) is 0 Å². The van der Waals surface area contributed by atoms with Crippen molar-refractivity contribution in [2.45, 2.75) is 23.7 Å². The molecule has 1 atom stereocenters. The van der Waals surface area contributed by atoms with Gasteiger partial charge < -0.3 is 15.0 Å². The molecule has 0 aromatic carbocycles. The van der Waals surface area contributed by atoms with Crippen LogP contribution in [0.3, 0.4) is 0 Å². The molecule has 1 unspecified atom stereocenters. The van der Waals surface area contributed by atoms with Crippen molar-refractivity contribution in [1.29, 1.82) is 0 Å². The fraction of sp³-hybridized carbons (Fsp3) is 1.00. The number of hydrogen-bond acceptors (Lipinski definition) is 4. The van der Waals surface area contributed by atoms with Crippen molar-refractivity contribution in [2.24, 2.45) is 0 Å². The Bertz CT molecular complexity index is 209. The van der Waals surface area contributed by atoms with Gasteiger partial charge in [0.25, 0.3) is 0 Å². The van der Waals surface area contributed by atoms with Crippen LogP contribution in [0.15, 0.2) is 0 Å². The van der Waals surface area contributed by atoms with Gasteiger partial charge in [-0.2, -0.15) is 11.8 Å². The normalized spacial score (nSPS) is 30.4. The molecule has 1 aliphatic carbocycles. The van der Waals surface area contributed by atoms with E-state index in [4.69, 9.17) is 4.74 Å². The molecular weight excluding hydrogens is 208 g/mol. The predicted octanol–water partition coefficient (Wildman–Crippen LogP) is 0.802. The van der Waals surface area contributed by atoms with E-state index >= 15 is 0 Å². The largest absolute Gasteiger partial charge is 0.374 e. The van der Waals surface area contributed by atoms with Gasteiger partial charge in [0, 0.05) is 30.9 Å². The first-order chi connectivity index (χ1) is 7.24. The number of rotatable bonds is 5. The zero-order valence-corrected chi connectivity index (χ0v) is 10.6. The van der Waals surface area contributed by atoms with E-state index in [0.717, 1.165) is 32.8 Å². The van der Waals surface area contributed by atoms with Crippen molar-refractivity contribution < 1.29 is 4.74 Å². The molecule has 0 radical (unpaired) electrons. The molecule has 0 aromatic rings. The lowest BCUT2D eigenvalue weighted by atomic mass is 10.2. The van der Waals surface area contributed by atoms with Gasteiger partial charge in [0.15, 0.2) is 0 Å². The maximum Gasteiger partial charge on any atom is 0.0826 e. The Labute approximate surface area is 96.9 Å². The molecule has 1 aliphatic heterocycles. The Morgan fingerprint density at radius 3 is 2.93 bits per heavy atom. The maximum absolute atomic E-state index is 5.71. The third-order valence-electron chi connectivity index (χ3n) is 3.40. The second-order valence-electron chi connectivity index (χ2n) is 4.77. The molecule has 4 heteroatoms. The number of nitrogens with one attached hydrogen (secondary N) is 1. The van der Waals surface area contributed by atoms with Gasteiger partial charge in [-0.05, 0) is 26.1 Å². The van der Waals surface area contributed by atoms with Gasteiger partial charge in [0.2, 0.25) is 0 Å². The Kier molecular flexibility index (Phi) is 3.93. The summed E-state index contributed by atoms with van der Waals surface area (Å²) in [6, 6.07) is 0.